The first kappa shape index (κ1) is 13.8. The van der Waals surface area contributed by atoms with Crippen LogP contribution >= 0.6 is 0 Å². The van der Waals surface area contributed by atoms with E-state index < -0.39 is 5.60 Å². The smallest absolute Gasteiger partial charge is 0.128 e. The summed E-state index contributed by atoms with van der Waals surface area (Å²) in [6.45, 7) is 6.89. The number of nitrogens with zero attached hydrogens (tertiary/aromatic N) is 2. The Bertz CT molecular complexity index is 526. The monoisotopic (exact) mass is 258 g/mol. The lowest BCUT2D eigenvalue weighted by molar-refractivity contribution is 0.0914. The molecule has 19 heavy (non-hydrogen) atoms. The summed E-state index contributed by atoms with van der Waals surface area (Å²) in [6, 6.07) is 10.0. The van der Waals surface area contributed by atoms with Gasteiger partial charge in [0.05, 0.1) is 5.69 Å². The molecule has 3 heteroatoms. The molecule has 2 aromatic rings. The topological polar surface area (TPSA) is 38.0 Å². The van der Waals surface area contributed by atoms with Gasteiger partial charge in [0.1, 0.15) is 5.60 Å². The lowest BCUT2D eigenvalue weighted by Gasteiger charge is -2.25. The molecule has 0 aliphatic heterocycles. The van der Waals surface area contributed by atoms with Crippen molar-refractivity contribution in [2.75, 3.05) is 0 Å². The Hall–Kier alpha value is -1.61. The molecular weight excluding hydrogens is 236 g/mol. The van der Waals surface area contributed by atoms with E-state index in [-0.39, 0.29) is 0 Å². The minimum Gasteiger partial charge on any atom is -0.379 e. The number of rotatable bonds is 5. The van der Waals surface area contributed by atoms with Crippen molar-refractivity contribution in [3.63, 3.8) is 0 Å². The molecule has 0 amide bonds. The maximum absolute atomic E-state index is 10.9. The van der Waals surface area contributed by atoms with Crippen molar-refractivity contribution in [3.8, 4) is 0 Å². The van der Waals surface area contributed by atoms with Crippen LogP contribution in [0.5, 0.6) is 0 Å². The van der Waals surface area contributed by atoms with E-state index in [0.29, 0.717) is 0 Å². The van der Waals surface area contributed by atoms with E-state index in [1.54, 1.807) is 6.20 Å². The number of aliphatic hydroxyl groups is 1. The van der Waals surface area contributed by atoms with E-state index in [2.05, 4.69) is 31.1 Å². The molecule has 1 N–H and O–H groups in total. The molecule has 0 radical (unpaired) electrons. The van der Waals surface area contributed by atoms with Gasteiger partial charge in [-0.1, -0.05) is 38.1 Å². The van der Waals surface area contributed by atoms with Gasteiger partial charge in [0, 0.05) is 12.7 Å². The molecule has 1 aromatic heterocycles. The van der Waals surface area contributed by atoms with Crippen LogP contribution in [0, 0.1) is 0 Å². The van der Waals surface area contributed by atoms with Crippen LogP contribution in [0.3, 0.4) is 0 Å². The van der Waals surface area contributed by atoms with Crippen LogP contribution < -0.4 is 0 Å². The summed E-state index contributed by atoms with van der Waals surface area (Å²) in [5.74, 6) is 0. The predicted molar refractivity (Wildman–Crippen MR) is 77.0 cm³/mol. The van der Waals surface area contributed by atoms with Crippen molar-refractivity contribution in [3.05, 3.63) is 53.3 Å². The molecule has 0 aliphatic carbocycles. The van der Waals surface area contributed by atoms with Gasteiger partial charge in [0.15, 0.2) is 0 Å². The number of aromatic nitrogens is 2. The van der Waals surface area contributed by atoms with Gasteiger partial charge in [0.2, 0.25) is 0 Å². The molecule has 1 heterocycles. The van der Waals surface area contributed by atoms with E-state index in [4.69, 9.17) is 0 Å². The average molecular weight is 258 g/mol. The zero-order chi connectivity index (χ0) is 13.9. The minimum atomic E-state index is -1.00. The zero-order valence-corrected chi connectivity index (χ0v) is 11.9. The molecule has 1 atom stereocenters. The molecule has 0 bridgehead atoms. The standard InChI is InChI=1S/C16H22N2O/c1-4-12-18-15(10-11-17-18)16(3,19)14-8-6-13(5-2)7-9-14/h6-11,19H,4-5,12H2,1-3H3. The second kappa shape index (κ2) is 5.57. The fourth-order valence-electron chi connectivity index (χ4n) is 2.35. The summed E-state index contributed by atoms with van der Waals surface area (Å²) in [5.41, 5.74) is 2.03. The van der Waals surface area contributed by atoms with Gasteiger partial charge >= 0.3 is 0 Å². The SMILES string of the molecule is CCCn1nccc1C(C)(O)c1ccc(CC)cc1. The predicted octanol–water partition coefficient (Wildman–Crippen LogP) is 3.11. The number of benzene rings is 1. The molecule has 0 spiro atoms. The molecule has 2 rings (SSSR count). The Morgan fingerprint density at radius 1 is 1.16 bits per heavy atom. The van der Waals surface area contributed by atoms with Crippen molar-refractivity contribution >= 4 is 0 Å². The van der Waals surface area contributed by atoms with Gasteiger partial charge in [-0.15, -0.1) is 0 Å². The highest BCUT2D eigenvalue weighted by Gasteiger charge is 2.29. The third-order valence-corrected chi connectivity index (χ3v) is 3.58. The molecule has 102 valence electrons. The third kappa shape index (κ3) is 2.71. The number of hydrogen-bond acceptors (Lipinski definition) is 2. The highest BCUT2D eigenvalue weighted by molar-refractivity contribution is 5.33. The molecule has 0 aliphatic rings. The van der Waals surface area contributed by atoms with Gasteiger partial charge in [-0.2, -0.15) is 5.10 Å². The second-order valence-corrected chi connectivity index (χ2v) is 5.06. The third-order valence-electron chi connectivity index (χ3n) is 3.58. The van der Waals surface area contributed by atoms with Crippen LogP contribution in [0.4, 0.5) is 0 Å². The van der Waals surface area contributed by atoms with Gasteiger partial charge < -0.3 is 5.11 Å². The van der Waals surface area contributed by atoms with E-state index in [1.165, 1.54) is 5.56 Å². The van der Waals surface area contributed by atoms with Gasteiger partial charge in [-0.3, -0.25) is 4.68 Å². The quantitative estimate of drug-likeness (QED) is 0.895. The Labute approximate surface area is 114 Å². The summed E-state index contributed by atoms with van der Waals surface area (Å²) in [6.07, 6.45) is 3.76. The average Bonchev–Trinajstić information content (AvgIpc) is 2.88. The molecule has 0 saturated heterocycles. The maximum Gasteiger partial charge on any atom is 0.128 e. The van der Waals surface area contributed by atoms with Crippen LogP contribution in [0.1, 0.15) is 44.0 Å². The minimum absolute atomic E-state index is 0.825. The molecule has 1 aromatic carbocycles. The molecule has 0 fully saturated rings. The molecular formula is C16H22N2O. The van der Waals surface area contributed by atoms with Crippen molar-refractivity contribution in [1.82, 2.24) is 9.78 Å². The maximum atomic E-state index is 10.9. The summed E-state index contributed by atoms with van der Waals surface area (Å²) in [7, 11) is 0. The van der Waals surface area contributed by atoms with E-state index in [1.807, 2.05) is 29.8 Å². The molecule has 0 saturated carbocycles. The van der Waals surface area contributed by atoms with Crippen molar-refractivity contribution in [2.24, 2.45) is 0 Å². The van der Waals surface area contributed by atoms with Crippen molar-refractivity contribution in [1.29, 1.82) is 0 Å². The Kier molecular flexibility index (Phi) is 4.05. The Morgan fingerprint density at radius 2 is 1.84 bits per heavy atom. The Balaban J connectivity index is 2.36. The van der Waals surface area contributed by atoms with Crippen molar-refractivity contribution < 1.29 is 5.11 Å². The summed E-state index contributed by atoms with van der Waals surface area (Å²) in [4.78, 5) is 0. The first-order valence-corrected chi connectivity index (χ1v) is 6.93. The zero-order valence-electron chi connectivity index (χ0n) is 11.9. The Morgan fingerprint density at radius 3 is 2.42 bits per heavy atom. The second-order valence-electron chi connectivity index (χ2n) is 5.06. The fourth-order valence-corrected chi connectivity index (χ4v) is 2.35. The molecule has 1 unspecified atom stereocenters. The van der Waals surface area contributed by atoms with E-state index >= 15 is 0 Å². The summed E-state index contributed by atoms with van der Waals surface area (Å²) < 4.78 is 1.88. The van der Waals surface area contributed by atoms with E-state index in [0.717, 1.165) is 30.6 Å². The van der Waals surface area contributed by atoms with Crippen LogP contribution in [-0.4, -0.2) is 14.9 Å². The summed E-state index contributed by atoms with van der Waals surface area (Å²) in [5, 5.41) is 15.1. The van der Waals surface area contributed by atoms with Crippen LogP contribution in [0.25, 0.3) is 0 Å². The van der Waals surface area contributed by atoms with Crippen LogP contribution in [0.2, 0.25) is 0 Å². The first-order chi connectivity index (χ1) is 9.09. The number of hydrogen-bond donors (Lipinski definition) is 1. The highest BCUT2D eigenvalue weighted by atomic mass is 16.3. The lowest BCUT2D eigenvalue weighted by atomic mass is 9.91. The van der Waals surface area contributed by atoms with Crippen LogP contribution in [0.15, 0.2) is 36.5 Å². The van der Waals surface area contributed by atoms with Gasteiger partial charge in [0.25, 0.3) is 0 Å². The fraction of sp³-hybridized carbons (Fsp3) is 0.438. The highest BCUT2D eigenvalue weighted by Crippen LogP contribution is 2.29. The number of aryl methyl sites for hydroxylation is 2. The first-order valence-electron chi connectivity index (χ1n) is 6.93. The van der Waals surface area contributed by atoms with E-state index in [9.17, 15) is 5.11 Å². The van der Waals surface area contributed by atoms with Gasteiger partial charge in [-0.25, -0.2) is 0 Å². The van der Waals surface area contributed by atoms with Crippen LogP contribution in [-0.2, 0) is 18.6 Å². The normalized spacial score (nSPS) is 14.3. The summed E-state index contributed by atoms with van der Waals surface area (Å²) >= 11 is 0. The van der Waals surface area contributed by atoms with Crippen molar-refractivity contribution in [2.45, 2.75) is 45.8 Å². The van der Waals surface area contributed by atoms with Gasteiger partial charge in [-0.05, 0) is 37.0 Å². The largest absolute Gasteiger partial charge is 0.379 e. The lowest BCUT2D eigenvalue weighted by Crippen LogP contribution is -2.27. The molecule has 3 nitrogen and oxygen atoms in total.